The van der Waals surface area contributed by atoms with Gasteiger partial charge in [0.05, 0.1) is 0 Å². The van der Waals surface area contributed by atoms with Crippen LogP contribution in [-0.2, 0) is 4.79 Å². The van der Waals surface area contributed by atoms with Crippen LogP contribution in [-0.4, -0.2) is 44.0 Å². The first-order valence-electron chi connectivity index (χ1n) is 6.47. The SMILES string of the molecule is CN(C)CC(C)(C)CNC(=O)CC(N)C1CC1. The zero-order chi connectivity index (χ0) is 13.1. The Hall–Kier alpha value is -0.610. The van der Waals surface area contributed by atoms with Crippen LogP contribution in [0.4, 0.5) is 0 Å². The van der Waals surface area contributed by atoms with E-state index in [1.807, 2.05) is 14.1 Å². The molecule has 1 rings (SSSR count). The Morgan fingerprint density at radius 1 is 1.47 bits per heavy atom. The molecule has 0 heterocycles. The fourth-order valence-electron chi connectivity index (χ4n) is 2.23. The maximum atomic E-state index is 11.7. The van der Waals surface area contributed by atoms with Gasteiger partial charge in [0.25, 0.3) is 0 Å². The van der Waals surface area contributed by atoms with Crippen LogP contribution in [0.2, 0.25) is 0 Å². The number of hydrogen-bond acceptors (Lipinski definition) is 3. The number of carbonyl (C=O) groups excluding carboxylic acids is 1. The third-order valence-electron chi connectivity index (χ3n) is 3.16. The third-order valence-corrected chi connectivity index (χ3v) is 3.16. The molecule has 1 amide bonds. The maximum absolute atomic E-state index is 11.7. The Bertz CT molecular complexity index is 259. The molecule has 0 radical (unpaired) electrons. The summed E-state index contributed by atoms with van der Waals surface area (Å²) in [4.78, 5) is 13.9. The Balaban J connectivity index is 2.21. The Kier molecular flexibility index (Phi) is 4.95. The van der Waals surface area contributed by atoms with Crippen molar-refractivity contribution in [3.8, 4) is 0 Å². The summed E-state index contributed by atoms with van der Waals surface area (Å²) in [5, 5.41) is 3.00. The van der Waals surface area contributed by atoms with Crippen LogP contribution in [0.1, 0.15) is 33.1 Å². The second kappa shape index (κ2) is 5.83. The summed E-state index contributed by atoms with van der Waals surface area (Å²) >= 11 is 0. The van der Waals surface area contributed by atoms with Gasteiger partial charge in [0.1, 0.15) is 0 Å². The van der Waals surface area contributed by atoms with Crippen molar-refractivity contribution in [3.05, 3.63) is 0 Å². The molecule has 4 nitrogen and oxygen atoms in total. The molecule has 1 saturated carbocycles. The molecule has 17 heavy (non-hydrogen) atoms. The van der Waals surface area contributed by atoms with E-state index in [0.29, 0.717) is 18.9 Å². The second-order valence-electron chi connectivity index (χ2n) is 6.38. The summed E-state index contributed by atoms with van der Waals surface area (Å²) in [5.41, 5.74) is 6.03. The van der Waals surface area contributed by atoms with Gasteiger partial charge in [-0.3, -0.25) is 4.79 Å². The van der Waals surface area contributed by atoms with Crippen molar-refractivity contribution in [3.63, 3.8) is 0 Å². The van der Waals surface area contributed by atoms with Crippen molar-refractivity contribution >= 4 is 5.91 Å². The number of hydrogen-bond donors (Lipinski definition) is 2. The minimum Gasteiger partial charge on any atom is -0.355 e. The molecule has 1 fully saturated rings. The molecule has 1 aliphatic carbocycles. The molecular weight excluding hydrogens is 214 g/mol. The number of amides is 1. The molecule has 3 N–H and O–H groups in total. The Labute approximate surface area is 105 Å². The van der Waals surface area contributed by atoms with E-state index in [2.05, 4.69) is 24.1 Å². The zero-order valence-corrected chi connectivity index (χ0v) is 11.6. The molecule has 0 aromatic heterocycles. The standard InChI is InChI=1S/C13H27N3O/c1-13(2,9-16(3)4)8-15-12(17)7-11(14)10-5-6-10/h10-11H,5-9,14H2,1-4H3,(H,15,17). The van der Waals surface area contributed by atoms with Gasteiger partial charge in [0, 0.05) is 25.6 Å². The lowest BCUT2D eigenvalue weighted by Crippen LogP contribution is -2.41. The van der Waals surface area contributed by atoms with Gasteiger partial charge in [-0.05, 0) is 38.3 Å². The van der Waals surface area contributed by atoms with Gasteiger partial charge in [-0.2, -0.15) is 0 Å². The van der Waals surface area contributed by atoms with Crippen LogP contribution < -0.4 is 11.1 Å². The molecule has 1 unspecified atom stereocenters. The van der Waals surface area contributed by atoms with Crippen LogP contribution in [0.3, 0.4) is 0 Å². The summed E-state index contributed by atoms with van der Waals surface area (Å²) in [6.07, 6.45) is 2.86. The van der Waals surface area contributed by atoms with Gasteiger partial charge in [-0.15, -0.1) is 0 Å². The average Bonchev–Trinajstić information content (AvgIpc) is 2.95. The smallest absolute Gasteiger partial charge is 0.221 e. The lowest BCUT2D eigenvalue weighted by Gasteiger charge is -2.28. The maximum Gasteiger partial charge on any atom is 0.221 e. The van der Waals surface area contributed by atoms with Crippen molar-refractivity contribution in [1.29, 1.82) is 0 Å². The molecule has 0 spiro atoms. The van der Waals surface area contributed by atoms with E-state index in [-0.39, 0.29) is 17.4 Å². The van der Waals surface area contributed by atoms with Crippen molar-refractivity contribution in [1.82, 2.24) is 10.2 Å². The highest BCUT2D eigenvalue weighted by molar-refractivity contribution is 5.76. The fourth-order valence-corrected chi connectivity index (χ4v) is 2.23. The van der Waals surface area contributed by atoms with Gasteiger partial charge in [-0.1, -0.05) is 13.8 Å². The molecule has 1 aliphatic rings. The first-order chi connectivity index (χ1) is 7.80. The number of carbonyl (C=O) groups is 1. The van der Waals surface area contributed by atoms with E-state index in [1.165, 1.54) is 12.8 Å². The summed E-state index contributed by atoms with van der Waals surface area (Å²) in [7, 11) is 4.10. The molecule has 0 aromatic carbocycles. The molecular formula is C13H27N3O. The number of nitrogens with one attached hydrogen (secondary N) is 1. The van der Waals surface area contributed by atoms with Gasteiger partial charge in [0.15, 0.2) is 0 Å². The number of nitrogens with two attached hydrogens (primary N) is 1. The highest BCUT2D eigenvalue weighted by Gasteiger charge is 2.30. The van der Waals surface area contributed by atoms with Crippen LogP contribution >= 0.6 is 0 Å². The van der Waals surface area contributed by atoms with E-state index in [1.54, 1.807) is 0 Å². The molecule has 1 atom stereocenters. The summed E-state index contributed by atoms with van der Waals surface area (Å²) in [5.74, 6) is 0.687. The highest BCUT2D eigenvalue weighted by atomic mass is 16.1. The minimum atomic E-state index is 0.0620. The van der Waals surface area contributed by atoms with E-state index in [4.69, 9.17) is 5.73 Å². The first-order valence-corrected chi connectivity index (χ1v) is 6.47. The quantitative estimate of drug-likeness (QED) is 0.694. The monoisotopic (exact) mass is 241 g/mol. The molecule has 0 bridgehead atoms. The van der Waals surface area contributed by atoms with Crippen LogP contribution in [0.5, 0.6) is 0 Å². The molecule has 100 valence electrons. The highest BCUT2D eigenvalue weighted by Crippen LogP contribution is 2.32. The predicted octanol–water partition coefficient (Wildman–Crippen LogP) is 0.818. The lowest BCUT2D eigenvalue weighted by molar-refractivity contribution is -0.122. The van der Waals surface area contributed by atoms with Gasteiger partial charge in [-0.25, -0.2) is 0 Å². The normalized spacial score (nSPS) is 18.2. The van der Waals surface area contributed by atoms with Gasteiger partial charge in [0.2, 0.25) is 5.91 Å². The van der Waals surface area contributed by atoms with E-state index < -0.39 is 0 Å². The largest absolute Gasteiger partial charge is 0.355 e. The van der Waals surface area contributed by atoms with Crippen LogP contribution in [0.15, 0.2) is 0 Å². The molecule has 0 saturated heterocycles. The fraction of sp³-hybridized carbons (Fsp3) is 0.923. The second-order valence-corrected chi connectivity index (χ2v) is 6.38. The van der Waals surface area contributed by atoms with Crippen LogP contribution in [0.25, 0.3) is 0 Å². The summed E-state index contributed by atoms with van der Waals surface area (Å²) < 4.78 is 0. The minimum absolute atomic E-state index is 0.0620. The number of nitrogens with zero attached hydrogens (tertiary/aromatic N) is 1. The van der Waals surface area contributed by atoms with E-state index in [0.717, 1.165) is 6.54 Å². The average molecular weight is 241 g/mol. The van der Waals surface area contributed by atoms with E-state index >= 15 is 0 Å². The predicted molar refractivity (Wildman–Crippen MR) is 70.7 cm³/mol. The summed E-state index contributed by atoms with van der Waals surface area (Å²) in [6, 6.07) is 0.0620. The lowest BCUT2D eigenvalue weighted by atomic mass is 9.93. The third kappa shape index (κ3) is 6.03. The Morgan fingerprint density at radius 2 is 2.06 bits per heavy atom. The zero-order valence-electron chi connectivity index (χ0n) is 11.6. The molecule has 0 aromatic rings. The first kappa shape index (κ1) is 14.5. The van der Waals surface area contributed by atoms with Crippen molar-refractivity contribution in [2.45, 2.75) is 39.2 Å². The van der Waals surface area contributed by atoms with Crippen LogP contribution in [0, 0.1) is 11.3 Å². The van der Waals surface area contributed by atoms with Crippen molar-refractivity contribution in [2.75, 3.05) is 27.2 Å². The van der Waals surface area contributed by atoms with Crippen molar-refractivity contribution in [2.24, 2.45) is 17.1 Å². The van der Waals surface area contributed by atoms with E-state index in [9.17, 15) is 4.79 Å². The number of rotatable bonds is 7. The topological polar surface area (TPSA) is 58.4 Å². The molecule has 4 heteroatoms. The molecule has 0 aliphatic heterocycles. The van der Waals surface area contributed by atoms with Crippen molar-refractivity contribution < 1.29 is 4.79 Å². The Morgan fingerprint density at radius 3 is 2.53 bits per heavy atom. The van der Waals surface area contributed by atoms with Gasteiger partial charge < -0.3 is 16.0 Å². The van der Waals surface area contributed by atoms with Gasteiger partial charge >= 0.3 is 0 Å². The summed E-state index contributed by atoms with van der Waals surface area (Å²) in [6.45, 7) is 5.99.